The normalized spacial score (nSPS) is 13.9. The Hall–Kier alpha value is -1.07. The zero-order valence-electron chi connectivity index (χ0n) is 9.94. The smallest absolute Gasteiger partial charge is 0.311 e. The minimum Gasteiger partial charge on any atom is -0.497 e. The molecule has 0 radical (unpaired) electrons. The second-order valence-electron chi connectivity index (χ2n) is 3.64. The van der Waals surface area contributed by atoms with Crippen LogP contribution >= 0.6 is 15.9 Å². The Bertz CT molecular complexity index is 405. The number of carbonyl (C=O) groups is 1. The van der Waals surface area contributed by atoms with Crippen molar-refractivity contribution in [2.75, 3.05) is 14.2 Å². The van der Waals surface area contributed by atoms with E-state index in [1.807, 2.05) is 0 Å². The summed E-state index contributed by atoms with van der Waals surface area (Å²) < 4.78 is 10.4. The van der Waals surface area contributed by atoms with E-state index in [-0.39, 0.29) is 0 Å². The Morgan fingerprint density at radius 2 is 2.06 bits per heavy atom. The van der Waals surface area contributed by atoms with E-state index in [9.17, 15) is 9.90 Å². The van der Waals surface area contributed by atoms with Gasteiger partial charge in [-0.1, -0.05) is 15.9 Å². The van der Waals surface area contributed by atoms with Crippen LogP contribution in [0.1, 0.15) is 18.6 Å². The molecule has 1 N–H and O–H groups in total. The summed E-state index contributed by atoms with van der Waals surface area (Å²) >= 11 is 3.33. The van der Waals surface area contributed by atoms with Gasteiger partial charge in [0, 0.05) is 4.47 Å². The number of ether oxygens (including phenoxy) is 2. The molecular weight excluding hydrogens is 288 g/mol. The average Bonchev–Trinajstić information content (AvgIpc) is 2.36. The van der Waals surface area contributed by atoms with Crippen LogP contribution in [0.5, 0.6) is 5.75 Å². The number of methoxy groups -OCH3 is 2. The predicted molar refractivity (Wildman–Crippen MR) is 66.8 cm³/mol. The molecular formula is C12H15BrO4. The average molecular weight is 303 g/mol. The molecule has 0 bridgehead atoms. The Balaban J connectivity index is 3.02. The van der Waals surface area contributed by atoms with Crippen molar-refractivity contribution in [3.63, 3.8) is 0 Å². The molecule has 0 amide bonds. The lowest BCUT2D eigenvalue weighted by Crippen LogP contribution is -2.20. The van der Waals surface area contributed by atoms with E-state index in [4.69, 9.17) is 4.74 Å². The quantitative estimate of drug-likeness (QED) is 0.867. The third kappa shape index (κ3) is 3.20. The summed E-state index contributed by atoms with van der Waals surface area (Å²) in [6, 6.07) is 5.22. The van der Waals surface area contributed by atoms with Crippen molar-refractivity contribution in [2.24, 2.45) is 5.92 Å². The zero-order chi connectivity index (χ0) is 13.0. The molecule has 1 aromatic carbocycles. The highest BCUT2D eigenvalue weighted by atomic mass is 79.9. The van der Waals surface area contributed by atoms with Crippen LogP contribution in [0.3, 0.4) is 0 Å². The lowest BCUT2D eigenvalue weighted by atomic mass is 9.97. The summed E-state index contributed by atoms with van der Waals surface area (Å²) in [6.07, 6.45) is -0.938. The number of aliphatic hydroxyl groups excluding tert-OH is 1. The van der Waals surface area contributed by atoms with Crippen molar-refractivity contribution in [2.45, 2.75) is 13.0 Å². The first-order valence-electron chi connectivity index (χ1n) is 5.10. The molecule has 2 atom stereocenters. The van der Waals surface area contributed by atoms with Gasteiger partial charge in [-0.25, -0.2) is 0 Å². The topological polar surface area (TPSA) is 55.8 Å². The van der Waals surface area contributed by atoms with Gasteiger partial charge in [0.1, 0.15) is 5.75 Å². The fraction of sp³-hybridized carbons (Fsp3) is 0.417. The maximum Gasteiger partial charge on any atom is 0.311 e. The molecule has 0 aliphatic rings. The number of halogens is 1. The molecule has 0 spiro atoms. The fourth-order valence-electron chi connectivity index (χ4n) is 1.46. The van der Waals surface area contributed by atoms with Crippen molar-refractivity contribution in [3.8, 4) is 5.75 Å². The van der Waals surface area contributed by atoms with Crippen molar-refractivity contribution in [3.05, 3.63) is 28.2 Å². The van der Waals surface area contributed by atoms with E-state index in [1.165, 1.54) is 7.11 Å². The van der Waals surface area contributed by atoms with E-state index in [0.29, 0.717) is 11.3 Å². The van der Waals surface area contributed by atoms with E-state index in [2.05, 4.69) is 20.7 Å². The molecule has 2 unspecified atom stereocenters. The highest BCUT2D eigenvalue weighted by molar-refractivity contribution is 9.10. The Morgan fingerprint density at radius 3 is 2.59 bits per heavy atom. The van der Waals surface area contributed by atoms with Crippen LogP contribution in [0.25, 0.3) is 0 Å². The molecule has 0 aliphatic carbocycles. The van der Waals surface area contributed by atoms with Crippen LogP contribution in [-0.2, 0) is 9.53 Å². The van der Waals surface area contributed by atoms with Gasteiger partial charge in [-0.05, 0) is 30.7 Å². The molecule has 0 aromatic heterocycles. The zero-order valence-corrected chi connectivity index (χ0v) is 11.5. The van der Waals surface area contributed by atoms with Crippen LogP contribution in [0.2, 0.25) is 0 Å². The van der Waals surface area contributed by atoms with Crippen molar-refractivity contribution >= 4 is 21.9 Å². The molecule has 0 saturated heterocycles. The van der Waals surface area contributed by atoms with Gasteiger partial charge in [-0.15, -0.1) is 0 Å². The summed E-state index contributed by atoms with van der Waals surface area (Å²) in [5.41, 5.74) is 0.599. The fourth-order valence-corrected chi connectivity index (χ4v) is 1.94. The number of benzene rings is 1. The van der Waals surface area contributed by atoms with Gasteiger partial charge in [-0.2, -0.15) is 0 Å². The van der Waals surface area contributed by atoms with Gasteiger partial charge in [0.2, 0.25) is 0 Å². The molecule has 1 rings (SSSR count). The third-order valence-electron chi connectivity index (χ3n) is 2.57. The Morgan fingerprint density at radius 1 is 1.41 bits per heavy atom. The number of esters is 1. The summed E-state index contributed by atoms with van der Waals surface area (Å²) in [5.74, 6) is -0.463. The van der Waals surface area contributed by atoms with Gasteiger partial charge in [0.05, 0.1) is 26.2 Å². The standard InChI is InChI=1S/C12H15BrO4/c1-7(12(15)17-3)11(14)9-6-8(16-2)4-5-10(9)13/h4-7,11,14H,1-3H3. The van der Waals surface area contributed by atoms with E-state index in [0.717, 1.165) is 4.47 Å². The number of aliphatic hydroxyl groups is 1. The van der Waals surface area contributed by atoms with Crippen molar-refractivity contribution in [1.82, 2.24) is 0 Å². The molecule has 1 aromatic rings. The first-order valence-corrected chi connectivity index (χ1v) is 5.90. The monoisotopic (exact) mass is 302 g/mol. The first kappa shape index (κ1) is 14.0. The van der Waals surface area contributed by atoms with Gasteiger partial charge in [0.15, 0.2) is 0 Å². The van der Waals surface area contributed by atoms with Crippen LogP contribution in [0.15, 0.2) is 22.7 Å². The molecule has 0 saturated carbocycles. The SMILES string of the molecule is COC(=O)C(C)C(O)c1cc(OC)ccc1Br. The van der Waals surface area contributed by atoms with Gasteiger partial charge >= 0.3 is 5.97 Å². The number of hydrogen-bond donors (Lipinski definition) is 1. The van der Waals surface area contributed by atoms with E-state index >= 15 is 0 Å². The van der Waals surface area contributed by atoms with E-state index in [1.54, 1.807) is 32.2 Å². The maximum absolute atomic E-state index is 11.4. The Labute approximate surface area is 109 Å². The van der Waals surface area contributed by atoms with Crippen LogP contribution in [0, 0.1) is 5.92 Å². The maximum atomic E-state index is 11.4. The molecule has 4 nitrogen and oxygen atoms in total. The lowest BCUT2D eigenvalue weighted by molar-refractivity contribution is -0.148. The van der Waals surface area contributed by atoms with Crippen LogP contribution in [-0.4, -0.2) is 25.3 Å². The summed E-state index contributed by atoms with van der Waals surface area (Å²) in [5, 5.41) is 10.1. The minimum absolute atomic E-state index is 0.452. The number of rotatable bonds is 4. The minimum atomic E-state index is -0.938. The molecule has 0 fully saturated rings. The van der Waals surface area contributed by atoms with Crippen LogP contribution in [0.4, 0.5) is 0 Å². The molecule has 17 heavy (non-hydrogen) atoms. The van der Waals surface area contributed by atoms with Crippen LogP contribution < -0.4 is 4.74 Å². The number of carbonyl (C=O) groups excluding carboxylic acids is 1. The highest BCUT2D eigenvalue weighted by Crippen LogP contribution is 2.32. The van der Waals surface area contributed by atoms with Crippen molar-refractivity contribution < 1.29 is 19.4 Å². The summed E-state index contributed by atoms with van der Waals surface area (Å²) in [6.45, 7) is 1.61. The Kier molecular flexibility index (Phi) is 4.96. The second-order valence-corrected chi connectivity index (χ2v) is 4.50. The van der Waals surface area contributed by atoms with Gasteiger partial charge in [-0.3, -0.25) is 4.79 Å². The summed E-state index contributed by atoms with van der Waals surface area (Å²) in [4.78, 5) is 11.4. The van der Waals surface area contributed by atoms with Gasteiger partial charge in [0.25, 0.3) is 0 Å². The molecule has 0 heterocycles. The number of hydrogen-bond acceptors (Lipinski definition) is 4. The first-order chi connectivity index (χ1) is 8.01. The lowest BCUT2D eigenvalue weighted by Gasteiger charge is -2.18. The molecule has 94 valence electrons. The molecule has 5 heteroatoms. The van der Waals surface area contributed by atoms with E-state index < -0.39 is 18.0 Å². The highest BCUT2D eigenvalue weighted by Gasteiger charge is 2.26. The molecule has 0 aliphatic heterocycles. The largest absolute Gasteiger partial charge is 0.497 e. The van der Waals surface area contributed by atoms with Crippen molar-refractivity contribution in [1.29, 1.82) is 0 Å². The third-order valence-corrected chi connectivity index (χ3v) is 3.29. The predicted octanol–water partition coefficient (Wildman–Crippen LogP) is 2.30. The summed E-state index contributed by atoms with van der Waals surface area (Å²) in [7, 11) is 2.84. The van der Waals surface area contributed by atoms with Gasteiger partial charge < -0.3 is 14.6 Å². The second kappa shape index (κ2) is 6.02.